The fourth-order valence-electron chi connectivity index (χ4n) is 2.09. The molecule has 0 heterocycles. The van der Waals surface area contributed by atoms with Gasteiger partial charge in [0.2, 0.25) is 0 Å². The molecule has 0 fully saturated rings. The molecule has 0 spiro atoms. The van der Waals surface area contributed by atoms with Crippen LogP contribution in [0.15, 0.2) is 24.3 Å². The van der Waals surface area contributed by atoms with E-state index < -0.39 is 0 Å². The van der Waals surface area contributed by atoms with Gasteiger partial charge in [-0.15, -0.1) is 0 Å². The second kappa shape index (κ2) is 5.87. The Morgan fingerprint density at radius 3 is 2.00 bits per heavy atom. The highest BCUT2D eigenvalue weighted by molar-refractivity contribution is 5.99. The van der Waals surface area contributed by atoms with Crippen LogP contribution in [0, 0.1) is 12.3 Å². The lowest BCUT2D eigenvalue weighted by Crippen LogP contribution is -2.47. The SMILES string of the molecule is Cc1ccc(C(=O)C(C)N(C)C(C)C(C)(C)C)cc1. The Bertz CT molecular complexity index is 428. The van der Waals surface area contributed by atoms with E-state index in [1.807, 2.05) is 45.2 Å². The Morgan fingerprint density at radius 1 is 1.11 bits per heavy atom. The van der Waals surface area contributed by atoms with Crippen molar-refractivity contribution in [1.29, 1.82) is 0 Å². The van der Waals surface area contributed by atoms with Crippen molar-refractivity contribution < 1.29 is 4.79 Å². The van der Waals surface area contributed by atoms with Gasteiger partial charge in [-0.3, -0.25) is 9.69 Å². The first kappa shape index (κ1) is 15.9. The molecule has 1 rings (SSSR count). The first-order valence-corrected chi connectivity index (χ1v) is 6.97. The maximum Gasteiger partial charge on any atom is 0.179 e. The van der Waals surface area contributed by atoms with Crippen LogP contribution in [0.5, 0.6) is 0 Å². The number of rotatable bonds is 4. The van der Waals surface area contributed by atoms with E-state index in [9.17, 15) is 4.79 Å². The Hall–Kier alpha value is -1.15. The monoisotopic (exact) mass is 261 g/mol. The number of ketones is 1. The molecule has 0 radical (unpaired) electrons. The predicted octanol–water partition coefficient (Wildman–Crippen LogP) is 3.93. The lowest BCUT2D eigenvalue weighted by molar-refractivity contribution is 0.0695. The maximum absolute atomic E-state index is 12.5. The Morgan fingerprint density at radius 2 is 1.58 bits per heavy atom. The third-order valence-electron chi connectivity index (χ3n) is 4.19. The standard InChI is InChI=1S/C17H27NO/c1-12-8-10-15(11-9-12)16(19)13(2)18(7)14(3)17(4,5)6/h8-11,13-14H,1-7H3. The fourth-order valence-corrected chi connectivity index (χ4v) is 2.09. The zero-order chi connectivity index (χ0) is 14.8. The van der Waals surface area contributed by atoms with Crippen molar-refractivity contribution in [2.45, 2.75) is 53.6 Å². The van der Waals surface area contributed by atoms with Gasteiger partial charge in [0.1, 0.15) is 0 Å². The van der Waals surface area contributed by atoms with Crippen molar-refractivity contribution in [3.05, 3.63) is 35.4 Å². The van der Waals surface area contributed by atoms with Crippen molar-refractivity contribution in [2.75, 3.05) is 7.05 Å². The van der Waals surface area contributed by atoms with Crippen LogP contribution in [-0.4, -0.2) is 29.8 Å². The number of hydrogen-bond acceptors (Lipinski definition) is 2. The van der Waals surface area contributed by atoms with Gasteiger partial charge in [0, 0.05) is 11.6 Å². The van der Waals surface area contributed by atoms with Crippen LogP contribution in [0.3, 0.4) is 0 Å². The molecular weight excluding hydrogens is 234 g/mol. The zero-order valence-corrected chi connectivity index (χ0v) is 13.3. The second-order valence-electron chi connectivity index (χ2n) is 6.61. The smallest absolute Gasteiger partial charge is 0.179 e. The minimum absolute atomic E-state index is 0.100. The summed E-state index contributed by atoms with van der Waals surface area (Å²) in [4.78, 5) is 14.7. The largest absolute Gasteiger partial charge is 0.293 e. The molecule has 0 amide bonds. The van der Waals surface area contributed by atoms with Crippen LogP contribution in [-0.2, 0) is 0 Å². The number of hydrogen-bond donors (Lipinski definition) is 0. The summed E-state index contributed by atoms with van der Waals surface area (Å²) in [7, 11) is 2.03. The van der Waals surface area contributed by atoms with Gasteiger partial charge in [-0.2, -0.15) is 0 Å². The number of aryl methyl sites for hydroxylation is 1. The van der Waals surface area contributed by atoms with E-state index in [0.29, 0.717) is 6.04 Å². The molecule has 0 bridgehead atoms. The molecule has 1 aromatic rings. The molecule has 0 N–H and O–H groups in total. The van der Waals surface area contributed by atoms with E-state index in [1.165, 1.54) is 5.56 Å². The molecule has 19 heavy (non-hydrogen) atoms. The lowest BCUT2D eigenvalue weighted by Gasteiger charge is -2.38. The van der Waals surface area contributed by atoms with Crippen molar-refractivity contribution in [3.8, 4) is 0 Å². The highest BCUT2D eigenvalue weighted by Gasteiger charge is 2.29. The second-order valence-corrected chi connectivity index (χ2v) is 6.61. The van der Waals surface area contributed by atoms with Crippen molar-refractivity contribution in [2.24, 2.45) is 5.41 Å². The number of Topliss-reactive ketones (excluding diaryl/α,β-unsaturated/α-hetero) is 1. The van der Waals surface area contributed by atoms with Gasteiger partial charge in [0.05, 0.1) is 6.04 Å². The van der Waals surface area contributed by atoms with Crippen LogP contribution in [0.4, 0.5) is 0 Å². The van der Waals surface area contributed by atoms with E-state index >= 15 is 0 Å². The van der Waals surface area contributed by atoms with Gasteiger partial charge in [0.25, 0.3) is 0 Å². The molecule has 2 heteroatoms. The normalized spacial score (nSPS) is 15.4. The molecule has 0 aliphatic heterocycles. The molecule has 0 saturated carbocycles. The number of carbonyl (C=O) groups is 1. The lowest BCUT2D eigenvalue weighted by atomic mass is 9.86. The molecule has 2 unspecified atom stereocenters. The zero-order valence-electron chi connectivity index (χ0n) is 13.3. The maximum atomic E-state index is 12.5. The Labute approximate surface area is 117 Å². The van der Waals surface area contributed by atoms with Crippen LogP contribution in [0.1, 0.15) is 50.5 Å². The van der Waals surface area contributed by atoms with E-state index in [2.05, 4.69) is 32.6 Å². The number of likely N-dealkylation sites (N-methyl/N-ethyl adjacent to an activating group) is 1. The average Bonchev–Trinajstić information content (AvgIpc) is 2.35. The molecule has 0 aliphatic rings. The van der Waals surface area contributed by atoms with Gasteiger partial charge in [-0.1, -0.05) is 50.6 Å². The summed E-state index contributed by atoms with van der Waals surface area (Å²) in [5.74, 6) is 0.193. The third kappa shape index (κ3) is 3.90. The van der Waals surface area contributed by atoms with Gasteiger partial charge in [0.15, 0.2) is 5.78 Å². The summed E-state index contributed by atoms with van der Waals surface area (Å²) in [6.45, 7) is 12.8. The average molecular weight is 261 g/mol. The summed E-state index contributed by atoms with van der Waals surface area (Å²) < 4.78 is 0. The summed E-state index contributed by atoms with van der Waals surface area (Å²) in [6, 6.07) is 8.07. The topological polar surface area (TPSA) is 20.3 Å². The van der Waals surface area contributed by atoms with Gasteiger partial charge in [-0.25, -0.2) is 0 Å². The Kier molecular flexibility index (Phi) is 4.92. The molecule has 2 nitrogen and oxygen atoms in total. The van der Waals surface area contributed by atoms with Gasteiger partial charge >= 0.3 is 0 Å². The van der Waals surface area contributed by atoms with E-state index in [4.69, 9.17) is 0 Å². The van der Waals surface area contributed by atoms with Crippen LogP contribution >= 0.6 is 0 Å². The minimum Gasteiger partial charge on any atom is -0.293 e. The van der Waals surface area contributed by atoms with Gasteiger partial charge in [-0.05, 0) is 33.2 Å². The third-order valence-corrected chi connectivity index (χ3v) is 4.19. The molecule has 0 aromatic heterocycles. The summed E-state index contributed by atoms with van der Waals surface area (Å²) in [5.41, 5.74) is 2.14. The fraction of sp³-hybridized carbons (Fsp3) is 0.588. The highest BCUT2D eigenvalue weighted by atomic mass is 16.1. The highest BCUT2D eigenvalue weighted by Crippen LogP contribution is 2.25. The quantitative estimate of drug-likeness (QED) is 0.765. The summed E-state index contributed by atoms with van der Waals surface area (Å²) in [6.07, 6.45) is 0. The molecule has 0 aliphatic carbocycles. The number of benzene rings is 1. The van der Waals surface area contributed by atoms with Crippen molar-refractivity contribution in [3.63, 3.8) is 0 Å². The molecule has 2 atom stereocenters. The van der Waals surface area contributed by atoms with Gasteiger partial charge < -0.3 is 0 Å². The van der Waals surface area contributed by atoms with Crippen molar-refractivity contribution >= 4 is 5.78 Å². The van der Waals surface area contributed by atoms with E-state index in [0.717, 1.165) is 5.56 Å². The van der Waals surface area contributed by atoms with Crippen molar-refractivity contribution in [1.82, 2.24) is 4.90 Å². The van der Waals surface area contributed by atoms with Crippen LogP contribution in [0.25, 0.3) is 0 Å². The van der Waals surface area contributed by atoms with E-state index in [1.54, 1.807) is 0 Å². The molecule has 1 aromatic carbocycles. The molecule has 0 saturated heterocycles. The number of carbonyl (C=O) groups excluding carboxylic acids is 1. The van der Waals surface area contributed by atoms with E-state index in [-0.39, 0.29) is 17.2 Å². The minimum atomic E-state index is -0.100. The molecule has 106 valence electrons. The first-order valence-electron chi connectivity index (χ1n) is 6.97. The first-order chi connectivity index (χ1) is 8.64. The predicted molar refractivity (Wildman–Crippen MR) is 81.7 cm³/mol. The Balaban J connectivity index is 2.85. The van der Waals surface area contributed by atoms with Crippen LogP contribution in [0.2, 0.25) is 0 Å². The summed E-state index contributed by atoms with van der Waals surface area (Å²) in [5, 5.41) is 0. The number of nitrogens with zero attached hydrogens (tertiary/aromatic N) is 1. The molecular formula is C17H27NO. The van der Waals surface area contributed by atoms with Crippen LogP contribution < -0.4 is 0 Å². The summed E-state index contributed by atoms with van der Waals surface area (Å²) >= 11 is 0.